The average Bonchev–Trinajstić information content (AvgIpc) is 3.32. The van der Waals surface area contributed by atoms with E-state index in [1.54, 1.807) is 18.2 Å². The molecule has 7 nitrogen and oxygen atoms in total. The Morgan fingerprint density at radius 1 is 1.19 bits per heavy atom. The molecular formula is C21H13FN2O5S2. The third kappa shape index (κ3) is 4.07. The minimum Gasteiger partial charge on any atom is -0.496 e. The number of halogens is 1. The molecule has 1 aliphatic rings. The first-order valence-corrected chi connectivity index (χ1v) is 10.1. The number of methoxy groups -OCH3 is 1. The number of ether oxygens (including phenoxy) is 1. The smallest absolute Gasteiger partial charge is 0.273 e. The molecule has 3 aromatic rings. The van der Waals surface area contributed by atoms with Gasteiger partial charge in [0.25, 0.3) is 11.6 Å². The Bertz CT molecular complexity index is 1240. The Labute approximate surface area is 185 Å². The molecule has 0 unspecified atom stereocenters. The van der Waals surface area contributed by atoms with E-state index in [2.05, 4.69) is 0 Å². The normalized spacial score (nSPS) is 15.0. The number of hydrogen-bond acceptors (Lipinski definition) is 7. The molecular weight excluding hydrogens is 443 g/mol. The van der Waals surface area contributed by atoms with Gasteiger partial charge in [0, 0.05) is 12.1 Å². The molecule has 1 amide bonds. The number of benzene rings is 2. The number of furan rings is 1. The maximum atomic E-state index is 13.2. The summed E-state index contributed by atoms with van der Waals surface area (Å²) in [5, 5.41) is 11.0. The third-order valence-corrected chi connectivity index (χ3v) is 5.74. The van der Waals surface area contributed by atoms with Gasteiger partial charge in [0.1, 0.15) is 23.1 Å². The molecule has 156 valence electrons. The fraction of sp³-hybridized carbons (Fsp3) is 0.0476. The van der Waals surface area contributed by atoms with Crippen molar-refractivity contribution < 1.29 is 23.3 Å². The highest BCUT2D eigenvalue weighted by molar-refractivity contribution is 8.27. The van der Waals surface area contributed by atoms with Crippen molar-refractivity contribution in [3.63, 3.8) is 0 Å². The minimum atomic E-state index is -0.511. The second-order valence-electron chi connectivity index (χ2n) is 6.34. The summed E-state index contributed by atoms with van der Waals surface area (Å²) in [5.41, 5.74) is 0.909. The number of amides is 1. The van der Waals surface area contributed by atoms with Crippen LogP contribution in [0, 0.1) is 15.9 Å². The zero-order valence-electron chi connectivity index (χ0n) is 15.9. The molecule has 0 bridgehead atoms. The zero-order valence-corrected chi connectivity index (χ0v) is 17.5. The van der Waals surface area contributed by atoms with Crippen LogP contribution in [0.2, 0.25) is 0 Å². The molecule has 2 heterocycles. The first kappa shape index (κ1) is 20.8. The Morgan fingerprint density at radius 2 is 1.94 bits per heavy atom. The van der Waals surface area contributed by atoms with Crippen LogP contribution in [0.5, 0.6) is 5.75 Å². The van der Waals surface area contributed by atoms with Gasteiger partial charge in [-0.1, -0.05) is 24.0 Å². The van der Waals surface area contributed by atoms with Crippen molar-refractivity contribution in [1.29, 1.82) is 0 Å². The van der Waals surface area contributed by atoms with Crippen molar-refractivity contribution >= 4 is 51.7 Å². The van der Waals surface area contributed by atoms with E-state index in [1.807, 2.05) is 0 Å². The molecule has 10 heteroatoms. The summed E-state index contributed by atoms with van der Waals surface area (Å²) < 4.78 is 24.6. The molecule has 0 spiro atoms. The Morgan fingerprint density at radius 3 is 2.61 bits per heavy atom. The van der Waals surface area contributed by atoms with E-state index in [-0.39, 0.29) is 17.3 Å². The van der Waals surface area contributed by atoms with Crippen LogP contribution in [0.1, 0.15) is 5.76 Å². The molecule has 1 saturated heterocycles. The number of nitro groups is 1. The third-order valence-electron chi connectivity index (χ3n) is 4.44. The van der Waals surface area contributed by atoms with E-state index in [0.717, 1.165) is 11.8 Å². The van der Waals surface area contributed by atoms with E-state index in [9.17, 15) is 19.3 Å². The van der Waals surface area contributed by atoms with E-state index < -0.39 is 10.7 Å². The molecule has 0 atom stereocenters. The second-order valence-corrected chi connectivity index (χ2v) is 8.01. The Balaban J connectivity index is 1.62. The van der Waals surface area contributed by atoms with Gasteiger partial charge in [0.15, 0.2) is 4.32 Å². The number of carbonyl (C=O) groups is 1. The van der Waals surface area contributed by atoms with Crippen LogP contribution in [0.3, 0.4) is 0 Å². The number of rotatable bonds is 5. The fourth-order valence-electron chi connectivity index (χ4n) is 2.98. The van der Waals surface area contributed by atoms with Crippen LogP contribution in [0.15, 0.2) is 63.9 Å². The van der Waals surface area contributed by atoms with E-state index in [1.165, 1.54) is 54.5 Å². The van der Waals surface area contributed by atoms with Crippen molar-refractivity contribution in [2.45, 2.75) is 0 Å². The van der Waals surface area contributed by atoms with Crippen LogP contribution >= 0.6 is 24.0 Å². The highest BCUT2D eigenvalue weighted by Crippen LogP contribution is 2.38. The number of nitrogens with zero attached hydrogens (tertiary/aromatic N) is 2. The number of hydrogen-bond donors (Lipinski definition) is 0. The predicted molar refractivity (Wildman–Crippen MR) is 119 cm³/mol. The summed E-state index contributed by atoms with van der Waals surface area (Å²) in [4.78, 5) is 25.0. The van der Waals surface area contributed by atoms with Crippen molar-refractivity contribution in [2.24, 2.45) is 0 Å². The number of thioether (sulfide) groups is 1. The molecule has 1 aromatic heterocycles. The number of anilines is 1. The predicted octanol–water partition coefficient (Wildman–Crippen LogP) is 5.41. The maximum Gasteiger partial charge on any atom is 0.273 e. The maximum absolute atomic E-state index is 13.2. The molecule has 31 heavy (non-hydrogen) atoms. The minimum absolute atomic E-state index is 0.100. The first-order chi connectivity index (χ1) is 14.9. The van der Waals surface area contributed by atoms with Crippen LogP contribution in [0.25, 0.3) is 17.4 Å². The second kappa shape index (κ2) is 8.32. The van der Waals surface area contributed by atoms with E-state index >= 15 is 0 Å². The Hall–Kier alpha value is -3.50. The molecule has 0 radical (unpaired) electrons. The van der Waals surface area contributed by atoms with Gasteiger partial charge >= 0.3 is 0 Å². The monoisotopic (exact) mass is 456 g/mol. The van der Waals surface area contributed by atoms with Gasteiger partial charge in [-0.15, -0.1) is 0 Å². The molecule has 4 rings (SSSR count). The molecule has 2 aromatic carbocycles. The van der Waals surface area contributed by atoms with Crippen LogP contribution in [-0.4, -0.2) is 22.3 Å². The van der Waals surface area contributed by atoms with Gasteiger partial charge in [-0.2, -0.15) is 0 Å². The van der Waals surface area contributed by atoms with Crippen molar-refractivity contribution in [3.8, 4) is 17.1 Å². The largest absolute Gasteiger partial charge is 0.496 e. The average molecular weight is 456 g/mol. The van der Waals surface area contributed by atoms with Crippen LogP contribution < -0.4 is 9.64 Å². The van der Waals surface area contributed by atoms with Gasteiger partial charge in [-0.05, 0) is 42.5 Å². The highest BCUT2D eigenvalue weighted by atomic mass is 32.2. The number of nitro benzene ring substituents is 1. The highest BCUT2D eigenvalue weighted by Gasteiger charge is 2.33. The van der Waals surface area contributed by atoms with Crippen LogP contribution in [0.4, 0.5) is 15.8 Å². The van der Waals surface area contributed by atoms with Gasteiger partial charge in [0.05, 0.1) is 34.3 Å². The lowest BCUT2D eigenvalue weighted by Gasteiger charge is -2.14. The van der Waals surface area contributed by atoms with Crippen molar-refractivity contribution in [2.75, 3.05) is 12.0 Å². The number of thiocarbonyl (C=S) groups is 1. The SMILES string of the molecule is COc1cc([N+](=O)[O-])ccc1-c1ccc(/C=C2/SC(=S)N(c3ccc(F)cc3)C2=O)o1. The van der Waals surface area contributed by atoms with Gasteiger partial charge < -0.3 is 9.15 Å². The Kier molecular flexibility index (Phi) is 5.57. The summed E-state index contributed by atoms with van der Waals surface area (Å²) in [7, 11) is 1.41. The molecule has 0 saturated carbocycles. The lowest BCUT2D eigenvalue weighted by Crippen LogP contribution is -2.27. The summed E-state index contributed by atoms with van der Waals surface area (Å²) in [6.07, 6.45) is 1.56. The van der Waals surface area contributed by atoms with Crippen molar-refractivity contribution in [1.82, 2.24) is 0 Å². The molecule has 0 N–H and O–H groups in total. The lowest BCUT2D eigenvalue weighted by molar-refractivity contribution is -0.384. The van der Waals surface area contributed by atoms with Gasteiger partial charge in [0.2, 0.25) is 0 Å². The van der Waals surface area contributed by atoms with Crippen LogP contribution in [-0.2, 0) is 4.79 Å². The zero-order chi connectivity index (χ0) is 22.1. The summed E-state index contributed by atoms with van der Waals surface area (Å²) in [6.45, 7) is 0. The van der Waals surface area contributed by atoms with Crippen molar-refractivity contribution in [3.05, 3.63) is 81.2 Å². The first-order valence-electron chi connectivity index (χ1n) is 8.83. The van der Waals surface area contributed by atoms with E-state index in [4.69, 9.17) is 21.4 Å². The lowest BCUT2D eigenvalue weighted by atomic mass is 10.1. The van der Waals surface area contributed by atoms with Gasteiger partial charge in [-0.3, -0.25) is 19.8 Å². The quantitative estimate of drug-likeness (QED) is 0.220. The number of carbonyl (C=O) groups excluding carboxylic acids is 1. The number of non-ortho nitro benzene ring substituents is 1. The summed E-state index contributed by atoms with van der Waals surface area (Å²) in [5.74, 6) is 0.363. The fourth-order valence-corrected chi connectivity index (χ4v) is 4.26. The topological polar surface area (TPSA) is 85.8 Å². The summed E-state index contributed by atoms with van der Waals surface area (Å²) in [6, 6.07) is 13.0. The molecule has 0 aliphatic carbocycles. The summed E-state index contributed by atoms with van der Waals surface area (Å²) >= 11 is 6.41. The van der Waals surface area contributed by atoms with E-state index in [0.29, 0.717) is 32.0 Å². The van der Waals surface area contributed by atoms with Gasteiger partial charge in [-0.25, -0.2) is 4.39 Å². The molecule has 1 fully saturated rings. The molecule has 1 aliphatic heterocycles. The standard InChI is InChI=1S/C21H13FN2O5S2/c1-28-18-10-14(24(26)27)6-8-16(18)17-9-7-15(29-17)11-19-20(25)23(21(30)31-19)13-4-2-12(22)3-5-13/h2-11H,1H3/b19-11+.